The third kappa shape index (κ3) is 4.94. The zero-order chi connectivity index (χ0) is 27.8. The first-order valence-electron chi connectivity index (χ1n) is 12.9. The van der Waals surface area contributed by atoms with Gasteiger partial charge >= 0.3 is 0 Å². The average molecular weight is 542 g/mol. The Bertz CT molecular complexity index is 1640. The zero-order valence-corrected chi connectivity index (χ0v) is 21.8. The van der Waals surface area contributed by atoms with E-state index >= 15 is 0 Å². The number of amides is 1. The number of carbonyl (C=O) groups excluding carboxylic acids is 1. The molecule has 1 amide bonds. The number of H-pyrrole nitrogens is 1. The summed E-state index contributed by atoms with van der Waals surface area (Å²) < 4.78 is 11.0. The highest BCUT2D eigenvalue weighted by Gasteiger charge is 2.23. The lowest BCUT2D eigenvalue weighted by molar-refractivity contribution is -0.384. The van der Waals surface area contributed by atoms with Crippen molar-refractivity contribution in [1.82, 2.24) is 14.8 Å². The molecule has 3 aromatic carbocycles. The molecule has 3 heterocycles. The SMILES string of the molecule is CN1CCN(C(=O)Cc2ccc(N=C(c3ccc4c(c3)OCO4)c3c(O)[nH]c4cc([N+](=O)[O-])ccc34)cc2)CC1. The van der Waals surface area contributed by atoms with Gasteiger partial charge in [-0.25, -0.2) is 4.99 Å². The number of ether oxygens (including phenoxy) is 2. The molecule has 0 saturated carbocycles. The van der Waals surface area contributed by atoms with E-state index in [9.17, 15) is 20.0 Å². The maximum Gasteiger partial charge on any atom is 0.271 e. The van der Waals surface area contributed by atoms with Crippen LogP contribution in [-0.2, 0) is 11.2 Å². The molecule has 40 heavy (non-hydrogen) atoms. The van der Waals surface area contributed by atoms with Gasteiger partial charge in [-0.05, 0) is 49.0 Å². The van der Waals surface area contributed by atoms with Gasteiger partial charge in [0.05, 0.1) is 33.8 Å². The van der Waals surface area contributed by atoms with Crippen molar-refractivity contribution >= 4 is 33.9 Å². The Morgan fingerprint density at radius 2 is 1.77 bits per heavy atom. The van der Waals surface area contributed by atoms with Crippen LogP contribution in [0.25, 0.3) is 10.9 Å². The number of hydrogen-bond donors (Lipinski definition) is 2. The van der Waals surface area contributed by atoms with Crippen molar-refractivity contribution in [2.75, 3.05) is 40.0 Å². The van der Waals surface area contributed by atoms with Crippen molar-refractivity contribution in [3.63, 3.8) is 0 Å². The summed E-state index contributed by atoms with van der Waals surface area (Å²) in [6.07, 6.45) is 0.310. The number of aliphatic imine (C=N–C) groups is 1. The summed E-state index contributed by atoms with van der Waals surface area (Å²) in [6.45, 7) is 3.31. The van der Waals surface area contributed by atoms with Gasteiger partial charge in [0, 0.05) is 49.3 Å². The molecule has 11 heteroatoms. The molecule has 4 aromatic rings. The lowest BCUT2D eigenvalue weighted by Gasteiger charge is -2.32. The first-order chi connectivity index (χ1) is 19.4. The van der Waals surface area contributed by atoms with Crippen molar-refractivity contribution in [3.05, 3.63) is 87.5 Å². The first-order valence-corrected chi connectivity index (χ1v) is 12.9. The van der Waals surface area contributed by atoms with E-state index in [-0.39, 0.29) is 24.3 Å². The Labute approximate surface area is 229 Å². The predicted molar refractivity (Wildman–Crippen MR) is 149 cm³/mol. The van der Waals surface area contributed by atoms with Crippen LogP contribution in [0.15, 0.2) is 65.7 Å². The van der Waals surface area contributed by atoms with Gasteiger partial charge in [0.25, 0.3) is 5.69 Å². The number of piperazine rings is 1. The summed E-state index contributed by atoms with van der Waals surface area (Å²) in [5.41, 5.74) is 3.31. The molecule has 2 aliphatic heterocycles. The maximum atomic E-state index is 12.8. The van der Waals surface area contributed by atoms with Crippen LogP contribution < -0.4 is 9.47 Å². The van der Waals surface area contributed by atoms with Crippen LogP contribution in [0.4, 0.5) is 11.4 Å². The summed E-state index contributed by atoms with van der Waals surface area (Å²) in [7, 11) is 2.05. The van der Waals surface area contributed by atoms with Crippen molar-refractivity contribution in [2.24, 2.45) is 4.99 Å². The minimum atomic E-state index is -0.486. The molecular weight excluding hydrogens is 514 g/mol. The highest BCUT2D eigenvalue weighted by Crippen LogP contribution is 2.37. The highest BCUT2D eigenvalue weighted by molar-refractivity contribution is 6.22. The van der Waals surface area contributed by atoms with Gasteiger partial charge in [0.2, 0.25) is 12.7 Å². The van der Waals surface area contributed by atoms with Crippen LogP contribution in [0.1, 0.15) is 16.7 Å². The molecule has 1 fully saturated rings. The van der Waals surface area contributed by atoms with Gasteiger partial charge in [0.15, 0.2) is 17.4 Å². The second kappa shape index (κ2) is 10.3. The number of carbonyl (C=O) groups is 1. The zero-order valence-electron chi connectivity index (χ0n) is 21.8. The number of nitro groups is 1. The fraction of sp³-hybridized carbons (Fsp3) is 0.241. The molecule has 0 spiro atoms. The fourth-order valence-electron chi connectivity index (χ4n) is 4.99. The van der Waals surface area contributed by atoms with Crippen LogP contribution in [0, 0.1) is 10.1 Å². The van der Waals surface area contributed by atoms with Gasteiger partial charge in [-0.3, -0.25) is 14.9 Å². The maximum absolute atomic E-state index is 12.8. The second-order valence-electron chi connectivity index (χ2n) is 9.89. The van der Waals surface area contributed by atoms with Crippen LogP contribution in [0.3, 0.4) is 0 Å². The Morgan fingerprint density at radius 1 is 1.02 bits per heavy atom. The quantitative estimate of drug-likeness (QED) is 0.214. The lowest BCUT2D eigenvalue weighted by atomic mass is 10.00. The number of nitro benzene ring substituents is 1. The van der Waals surface area contributed by atoms with Crippen LogP contribution >= 0.6 is 0 Å². The fourth-order valence-corrected chi connectivity index (χ4v) is 4.99. The number of nitrogens with zero attached hydrogens (tertiary/aromatic N) is 4. The molecule has 11 nitrogen and oxygen atoms in total. The molecule has 0 atom stereocenters. The second-order valence-corrected chi connectivity index (χ2v) is 9.89. The summed E-state index contributed by atoms with van der Waals surface area (Å²) in [6, 6.07) is 17.2. The molecule has 6 rings (SSSR count). The molecular formula is C29H27N5O6. The molecule has 0 unspecified atom stereocenters. The average Bonchev–Trinajstić information content (AvgIpc) is 3.55. The molecule has 2 aliphatic rings. The number of nitrogens with one attached hydrogen (secondary N) is 1. The van der Waals surface area contributed by atoms with E-state index in [0.29, 0.717) is 51.3 Å². The van der Waals surface area contributed by atoms with Crippen molar-refractivity contribution in [1.29, 1.82) is 0 Å². The highest BCUT2D eigenvalue weighted by atomic mass is 16.7. The van der Waals surface area contributed by atoms with Crippen molar-refractivity contribution < 1.29 is 24.3 Å². The Balaban J connectivity index is 1.36. The van der Waals surface area contributed by atoms with Crippen molar-refractivity contribution in [2.45, 2.75) is 6.42 Å². The summed E-state index contributed by atoms with van der Waals surface area (Å²) >= 11 is 0. The lowest BCUT2D eigenvalue weighted by Crippen LogP contribution is -2.47. The van der Waals surface area contributed by atoms with E-state index < -0.39 is 4.92 Å². The monoisotopic (exact) mass is 541 g/mol. The van der Waals surface area contributed by atoms with Gasteiger partial charge < -0.3 is 29.4 Å². The number of fused-ring (bicyclic) bond motifs is 2. The minimum absolute atomic E-state index is 0.0939. The number of aromatic hydroxyl groups is 1. The third-order valence-corrected chi connectivity index (χ3v) is 7.24. The van der Waals surface area contributed by atoms with Crippen LogP contribution in [0.5, 0.6) is 17.4 Å². The van der Waals surface area contributed by atoms with Gasteiger partial charge in [-0.1, -0.05) is 12.1 Å². The molecule has 1 saturated heterocycles. The standard InChI is InChI=1S/C29H27N5O6/c1-32-10-12-33(13-11-32)26(35)14-18-2-5-20(6-3-18)30-28(19-4-9-24-25(15-19)40-17-39-24)27-22-8-7-21(34(37)38)16-23(22)31-29(27)36/h2-9,15-16,31,36H,10-14,17H2,1H3. The Kier molecular flexibility index (Phi) is 6.56. The van der Waals surface area contributed by atoms with Gasteiger partial charge in [-0.2, -0.15) is 0 Å². The molecule has 204 valence electrons. The number of aromatic nitrogens is 1. The normalized spacial score (nSPS) is 15.5. The van der Waals surface area contributed by atoms with Crippen LogP contribution in [0.2, 0.25) is 0 Å². The number of benzene rings is 3. The Morgan fingerprint density at radius 3 is 2.52 bits per heavy atom. The van der Waals surface area contributed by atoms with Crippen LogP contribution in [-0.4, -0.2) is 76.5 Å². The predicted octanol–water partition coefficient (Wildman–Crippen LogP) is 4.00. The van der Waals surface area contributed by atoms with E-state index in [2.05, 4.69) is 16.9 Å². The minimum Gasteiger partial charge on any atom is -0.494 e. The van der Waals surface area contributed by atoms with Crippen molar-refractivity contribution in [3.8, 4) is 17.4 Å². The smallest absolute Gasteiger partial charge is 0.271 e. The molecule has 2 N–H and O–H groups in total. The summed E-state index contributed by atoms with van der Waals surface area (Å²) in [4.78, 5) is 35.4. The number of aromatic amines is 1. The molecule has 0 bridgehead atoms. The molecule has 1 aromatic heterocycles. The van der Waals surface area contributed by atoms with E-state index in [4.69, 9.17) is 14.5 Å². The van der Waals surface area contributed by atoms with E-state index in [1.165, 1.54) is 12.1 Å². The largest absolute Gasteiger partial charge is 0.494 e. The molecule has 0 radical (unpaired) electrons. The van der Waals surface area contributed by atoms with Gasteiger partial charge in [0.1, 0.15) is 0 Å². The first kappa shape index (κ1) is 25.4. The summed E-state index contributed by atoms with van der Waals surface area (Å²) in [5.74, 6) is 1.10. The van der Waals surface area contributed by atoms with Gasteiger partial charge in [-0.15, -0.1) is 0 Å². The third-order valence-electron chi connectivity index (χ3n) is 7.24. The number of hydrogen-bond acceptors (Lipinski definition) is 8. The number of likely N-dealkylation sites (N-methyl/N-ethyl adjacent to an activating group) is 1. The van der Waals surface area contributed by atoms with E-state index in [0.717, 1.165) is 31.7 Å². The topological polar surface area (TPSA) is 134 Å². The Hall–Kier alpha value is -4.90. The summed E-state index contributed by atoms with van der Waals surface area (Å²) in [5, 5.41) is 22.8. The number of rotatable bonds is 6. The number of non-ortho nitro benzene ring substituents is 1. The van der Waals surface area contributed by atoms with E-state index in [1.54, 1.807) is 18.2 Å². The molecule has 0 aliphatic carbocycles. The van der Waals surface area contributed by atoms with E-state index in [1.807, 2.05) is 35.2 Å².